The molecule has 3 heterocycles. The predicted molar refractivity (Wildman–Crippen MR) is 139 cm³/mol. The van der Waals surface area contributed by atoms with Gasteiger partial charge in [-0.3, -0.25) is 9.98 Å². The van der Waals surface area contributed by atoms with Crippen molar-refractivity contribution < 1.29 is 0 Å². The van der Waals surface area contributed by atoms with Crippen molar-refractivity contribution in [1.29, 1.82) is 0 Å². The fourth-order valence-electron chi connectivity index (χ4n) is 4.35. The van der Waals surface area contributed by atoms with Crippen molar-refractivity contribution in [3.8, 4) is 9.75 Å². The van der Waals surface area contributed by atoms with Crippen LogP contribution in [-0.4, -0.2) is 34.0 Å². The van der Waals surface area contributed by atoms with Crippen LogP contribution >= 0.6 is 22.7 Å². The zero-order valence-electron chi connectivity index (χ0n) is 19.2. The molecular formula is C24H32N6S2. The van der Waals surface area contributed by atoms with E-state index >= 15 is 0 Å². The summed E-state index contributed by atoms with van der Waals surface area (Å²) in [6.07, 6.45) is 10.4. The number of nitrogens with one attached hydrogen (secondary N) is 1. The van der Waals surface area contributed by atoms with Gasteiger partial charge in [0.05, 0.1) is 22.1 Å². The maximum atomic E-state index is 5.85. The zero-order chi connectivity index (χ0) is 22.7. The molecule has 3 N–H and O–H groups in total. The topological polar surface area (TPSA) is 88.5 Å². The van der Waals surface area contributed by atoms with Crippen LogP contribution in [0.4, 0.5) is 5.69 Å². The Morgan fingerprint density at radius 3 is 2.56 bits per heavy atom. The smallest absolute Gasteiger partial charge is 0.125 e. The van der Waals surface area contributed by atoms with Gasteiger partial charge in [-0.15, -0.1) is 22.7 Å². The van der Waals surface area contributed by atoms with Crippen molar-refractivity contribution in [3.63, 3.8) is 0 Å². The second-order valence-electron chi connectivity index (χ2n) is 9.15. The average molecular weight is 469 g/mol. The first-order valence-corrected chi connectivity index (χ1v) is 13.0. The van der Waals surface area contributed by atoms with Crippen molar-refractivity contribution >= 4 is 50.5 Å². The van der Waals surface area contributed by atoms with Crippen LogP contribution in [0.3, 0.4) is 0 Å². The third-order valence-corrected chi connectivity index (χ3v) is 8.19. The normalized spacial score (nSPS) is 20.1. The third-order valence-electron chi connectivity index (χ3n) is 6.18. The quantitative estimate of drug-likeness (QED) is 0.246. The molecule has 0 spiro atoms. The number of hydrazone groups is 1. The standard InChI is InChI=1S/C24H32N6S2/c1-14(2)16-5-7-17(8-6-16)27-11-20(30-25)19-10-28-24-18(23(19)29-15(3)4)9-21(32-24)22-12-26-13-31-22/h9-17H,5-8,25H2,1-4H3,(H,28,29)/b27-11?,30-20+. The Morgan fingerprint density at radius 1 is 1.16 bits per heavy atom. The fraction of sp³-hybridized carbons (Fsp3) is 0.500. The van der Waals surface area contributed by atoms with E-state index in [-0.39, 0.29) is 6.04 Å². The fourth-order valence-corrected chi connectivity index (χ4v) is 6.07. The monoisotopic (exact) mass is 468 g/mol. The van der Waals surface area contributed by atoms with Gasteiger partial charge in [0.15, 0.2) is 0 Å². The van der Waals surface area contributed by atoms with E-state index in [9.17, 15) is 0 Å². The first-order chi connectivity index (χ1) is 15.5. The summed E-state index contributed by atoms with van der Waals surface area (Å²) in [7, 11) is 0. The van der Waals surface area contributed by atoms with Crippen LogP contribution < -0.4 is 11.2 Å². The number of anilines is 1. The minimum absolute atomic E-state index is 0.258. The number of rotatable bonds is 7. The van der Waals surface area contributed by atoms with Crippen LogP contribution in [0.2, 0.25) is 0 Å². The van der Waals surface area contributed by atoms with Crippen LogP contribution in [0.1, 0.15) is 58.9 Å². The number of fused-ring (bicyclic) bond motifs is 1. The molecule has 170 valence electrons. The van der Waals surface area contributed by atoms with E-state index in [1.54, 1.807) is 22.7 Å². The number of aromatic nitrogens is 2. The van der Waals surface area contributed by atoms with E-state index in [0.29, 0.717) is 11.8 Å². The predicted octanol–water partition coefficient (Wildman–Crippen LogP) is 6.19. The SMILES string of the molecule is CC(C)Nc1c(/C(C=NC2CCC(C(C)C)CC2)=N/N)cnc2sc(-c3cncs3)cc12. The lowest BCUT2D eigenvalue weighted by Gasteiger charge is -2.28. The second-order valence-corrected chi connectivity index (χ2v) is 11.1. The van der Waals surface area contributed by atoms with Gasteiger partial charge in [-0.25, -0.2) is 4.98 Å². The maximum Gasteiger partial charge on any atom is 0.125 e. The van der Waals surface area contributed by atoms with E-state index in [1.165, 1.54) is 17.7 Å². The van der Waals surface area contributed by atoms with Crippen LogP contribution in [0.25, 0.3) is 20.0 Å². The zero-order valence-corrected chi connectivity index (χ0v) is 20.8. The van der Waals surface area contributed by atoms with Crippen molar-refractivity contribution in [1.82, 2.24) is 9.97 Å². The molecule has 8 heteroatoms. The molecule has 0 saturated heterocycles. The Labute approximate surface area is 198 Å². The van der Waals surface area contributed by atoms with Crippen molar-refractivity contribution in [2.24, 2.45) is 27.8 Å². The molecule has 1 fully saturated rings. The summed E-state index contributed by atoms with van der Waals surface area (Å²) < 4.78 is 0. The van der Waals surface area contributed by atoms with Crippen LogP contribution in [0.5, 0.6) is 0 Å². The van der Waals surface area contributed by atoms with Crippen LogP contribution in [-0.2, 0) is 0 Å². The van der Waals surface area contributed by atoms with Crippen LogP contribution in [0, 0.1) is 11.8 Å². The molecule has 0 aliphatic heterocycles. The Bertz CT molecular complexity index is 1090. The van der Waals surface area contributed by atoms with Gasteiger partial charge < -0.3 is 11.2 Å². The maximum absolute atomic E-state index is 5.85. The highest BCUT2D eigenvalue weighted by atomic mass is 32.1. The van der Waals surface area contributed by atoms with E-state index < -0.39 is 0 Å². The molecule has 0 radical (unpaired) electrons. The molecule has 0 amide bonds. The minimum Gasteiger partial charge on any atom is -0.382 e. The van der Waals surface area contributed by atoms with E-state index in [1.807, 2.05) is 24.1 Å². The molecule has 4 rings (SSSR count). The Hall–Kier alpha value is -2.32. The lowest BCUT2D eigenvalue weighted by atomic mass is 9.80. The minimum atomic E-state index is 0.258. The Balaban J connectivity index is 1.64. The highest BCUT2D eigenvalue weighted by Gasteiger charge is 2.23. The summed E-state index contributed by atoms with van der Waals surface area (Å²) in [6.45, 7) is 8.91. The lowest BCUT2D eigenvalue weighted by Crippen LogP contribution is -2.22. The highest BCUT2D eigenvalue weighted by molar-refractivity contribution is 7.25. The van der Waals surface area contributed by atoms with E-state index in [0.717, 1.165) is 51.0 Å². The van der Waals surface area contributed by atoms with Crippen molar-refractivity contribution in [2.75, 3.05) is 5.32 Å². The molecular weight excluding hydrogens is 436 g/mol. The van der Waals surface area contributed by atoms with Gasteiger partial charge in [0.1, 0.15) is 10.5 Å². The van der Waals surface area contributed by atoms with Crippen molar-refractivity contribution in [3.05, 3.63) is 29.5 Å². The number of pyridine rings is 1. The molecule has 1 saturated carbocycles. The number of nitrogens with two attached hydrogens (primary N) is 1. The summed E-state index contributed by atoms with van der Waals surface area (Å²) in [5.74, 6) is 7.42. The van der Waals surface area contributed by atoms with Gasteiger partial charge in [0, 0.05) is 40.5 Å². The summed E-state index contributed by atoms with van der Waals surface area (Å²) in [6, 6.07) is 2.79. The molecule has 3 aromatic rings. The molecule has 0 atom stereocenters. The van der Waals surface area contributed by atoms with E-state index in [2.05, 4.69) is 49.2 Å². The number of thiophene rings is 1. The summed E-state index contributed by atoms with van der Waals surface area (Å²) >= 11 is 3.32. The van der Waals surface area contributed by atoms with Gasteiger partial charge in [0.25, 0.3) is 0 Å². The van der Waals surface area contributed by atoms with Gasteiger partial charge in [-0.2, -0.15) is 5.10 Å². The molecule has 0 bridgehead atoms. The first kappa shape index (κ1) is 22.9. The van der Waals surface area contributed by atoms with Gasteiger partial charge in [-0.05, 0) is 57.4 Å². The second kappa shape index (κ2) is 10.1. The van der Waals surface area contributed by atoms with Gasteiger partial charge in [0.2, 0.25) is 0 Å². The highest BCUT2D eigenvalue weighted by Crippen LogP contribution is 2.39. The Morgan fingerprint density at radius 2 is 1.94 bits per heavy atom. The first-order valence-electron chi connectivity index (χ1n) is 11.4. The number of thiazole rings is 1. The van der Waals surface area contributed by atoms with Gasteiger partial charge >= 0.3 is 0 Å². The Kier molecular flexibility index (Phi) is 7.20. The van der Waals surface area contributed by atoms with Crippen molar-refractivity contribution in [2.45, 2.75) is 65.5 Å². The lowest BCUT2D eigenvalue weighted by molar-refractivity contribution is 0.261. The number of hydrogen-bond acceptors (Lipinski definition) is 8. The molecule has 6 nitrogen and oxygen atoms in total. The average Bonchev–Trinajstić information content (AvgIpc) is 3.45. The number of aliphatic imine (C=N–C) groups is 1. The largest absolute Gasteiger partial charge is 0.382 e. The van der Waals surface area contributed by atoms with Crippen LogP contribution in [0.15, 0.2) is 34.1 Å². The van der Waals surface area contributed by atoms with E-state index in [4.69, 9.17) is 15.8 Å². The molecule has 0 unspecified atom stereocenters. The van der Waals surface area contributed by atoms with Gasteiger partial charge in [-0.1, -0.05) is 13.8 Å². The molecule has 1 aliphatic rings. The molecule has 32 heavy (non-hydrogen) atoms. The summed E-state index contributed by atoms with van der Waals surface area (Å²) in [4.78, 5) is 17.1. The molecule has 1 aliphatic carbocycles. The summed E-state index contributed by atoms with van der Waals surface area (Å²) in [5.41, 5.74) is 4.42. The molecule has 3 aromatic heterocycles. The third kappa shape index (κ3) is 5.02. The number of nitrogens with zero attached hydrogens (tertiary/aromatic N) is 4. The molecule has 0 aromatic carbocycles. The summed E-state index contributed by atoms with van der Waals surface area (Å²) in [5, 5.41) is 8.78. The number of hydrogen-bond donors (Lipinski definition) is 2.